The van der Waals surface area contributed by atoms with Crippen LogP contribution in [-0.4, -0.2) is 17.4 Å². The van der Waals surface area contributed by atoms with Crippen molar-refractivity contribution in [2.45, 2.75) is 4.90 Å². The molecule has 76 valence electrons. The van der Waals surface area contributed by atoms with Crippen LogP contribution in [-0.2, 0) is 0 Å². The highest BCUT2D eigenvalue weighted by Gasteiger charge is 2.21. The number of hydrogen-bond donors (Lipinski definition) is 0. The van der Waals surface area contributed by atoms with Crippen LogP contribution >= 0.6 is 23.5 Å². The number of aromatic nitrogens is 1. The van der Waals surface area contributed by atoms with E-state index in [0.29, 0.717) is 5.88 Å². The van der Waals surface area contributed by atoms with Crippen LogP contribution in [0.3, 0.4) is 0 Å². The Morgan fingerprint density at radius 2 is 2.27 bits per heavy atom. The average molecular weight is 237 g/mol. The van der Waals surface area contributed by atoms with Crippen LogP contribution in [0.2, 0.25) is 0 Å². The van der Waals surface area contributed by atoms with Gasteiger partial charge in [-0.1, -0.05) is 12.1 Å². The van der Waals surface area contributed by atoms with Crippen LogP contribution < -0.4 is 4.31 Å². The van der Waals surface area contributed by atoms with Gasteiger partial charge >= 0.3 is 0 Å². The molecule has 0 radical (unpaired) electrons. The molecule has 0 bridgehead atoms. The average Bonchev–Trinajstić information content (AvgIpc) is 2.61. The number of rotatable bonds is 2. The van der Waals surface area contributed by atoms with E-state index in [1.54, 1.807) is 11.9 Å². The molecular formula is C11H9ClN2S. The normalized spacial score (nSPS) is 13.8. The highest BCUT2D eigenvalue weighted by molar-refractivity contribution is 8.01. The van der Waals surface area contributed by atoms with Crippen molar-refractivity contribution in [1.82, 2.24) is 4.98 Å². The number of pyridine rings is 1. The molecule has 0 N–H and O–H groups in total. The number of hydrogen-bond acceptors (Lipinski definition) is 3. The molecule has 2 heterocycles. The zero-order valence-electron chi connectivity index (χ0n) is 7.98. The SMILES string of the molecule is ClCCN1Sc2cccc3cncc1c23. The lowest BCUT2D eigenvalue weighted by Gasteiger charge is -2.15. The van der Waals surface area contributed by atoms with E-state index in [0.717, 1.165) is 6.54 Å². The van der Waals surface area contributed by atoms with Gasteiger partial charge in [0.15, 0.2) is 0 Å². The molecule has 1 aliphatic heterocycles. The first-order chi connectivity index (χ1) is 7.40. The Bertz CT molecular complexity index is 510. The van der Waals surface area contributed by atoms with Gasteiger partial charge in [-0.3, -0.25) is 4.98 Å². The summed E-state index contributed by atoms with van der Waals surface area (Å²) < 4.78 is 2.21. The standard InChI is InChI=1S/C11H9ClN2S/c12-4-5-14-9-7-13-6-8-2-1-3-10(15-14)11(8)9/h1-3,6-7H,4-5H2. The van der Waals surface area contributed by atoms with Crippen molar-refractivity contribution in [1.29, 1.82) is 0 Å². The first-order valence-corrected chi connectivity index (χ1v) is 6.09. The van der Waals surface area contributed by atoms with Crippen LogP contribution in [0.15, 0.2) is 35.5 Å². The Hall–Kier alpha value is -0.930. The summed E-state index contributed by atoms with van der Waals surface area (Å²) in [5, 5.41) is 2.51. The minimum absolute atomic E-state index is 0.636. The van der Waals surface area contributed by atoms with Gasteiger partial charge in [-0.25, -0.2) is 0 Å². The summed E-state index contributed by atoms with van der Waals surface area (Å²) in [6, 6.07) is 6.31. The van der Waals surface area contributed by atoms with E-state index >= 15 is 0 Å². The monoisotopic (exact) mass is 236 g/mol. The summed E-state index contributed by atoms with van der Waals surface area (Å²) in [7, 11) is 0. The predicted octanol–water partition coefficient (Wildman–Crippen LogP) is 3.30. The summed E-state index contributed by atoms with van der Waals surface area (Å²) in [4.78, 5) is 5.55. The van der Waals surface area contributed by atoms with Gasteiger partial charge in [-0.15, -0.1) is 11.6 Å². The number of nitrogens with zero attached hydrogens (tertiary/aromatic N) is 2. The Kier molecular flexibility index (Phi) is 2.22. The summed E-state index contributed by atoms with van der Waals surface area (Å²) in [6.07, 6.45) is 3.82. The highest BCUT2D eigenvalue weighted by Crippen LogP contribution is 2.45. The molecule has 0 saturated heterocycles. The number of alkyl halides is 1. The zero-order chi connectivity index (χ0) is 10.3. The molecule has 0 aliphatic carbocycles. The molecule has 0 atom stereocenters. The Labute approximate surface area is 97.4 Å². The van der Waals surface area contributed by atoms with E-state index in [1.807, 2.05) is 12.4 Å². The molecule has 1 aromatic carbocycles. The third-order valence-electron chi connectivity index (χ3n) is 2.49. The van der Waals surface area contributed by atoms with Crippen molar-refractivity contribution in [3.63, 3.8) is 0 Å². The topological polar surface area (TPSA) is 16.1 Å². The zero-order valence-corrected chi connectivity index (χ0v) is 9.55. The molecule has 0 saturated carbocycles. The highest BCUT2D eigenvalue weighted by atomic mass is 35.5. The van der Waals surface area contributed by atoms with E-state index < -0.39 is 0 Å². The van der Waals surface area contributed by atoms with Crippen molar-refractivity contribution < 1.29 is 0 Å². The number of benzene rings is 1. The quantitative estimate of drug-likeness (QED) is 0.588. The molecule has 1 aromatic heterocycles. The van der Waals surface area contributed by atoms with Crippen molar-refractivity contribution >= 4 is 40.0 Å². The van der Waals surface area contributed by atoms with Crippen LogP contribution in [0.25, 0.3) is 10.8 Å². The second-order valence-corrected chi connectivity index (χ2v) is 4.84. The third-order valence-corrected chi connectivity index (χ3v) is 3.80. The lowest BCUT2D eigenvalue weighted by molar-refractivity contribution is 1.12. The van der Waals surface area contributed by atoms with Crippen molar-refractivity contribution in [2.24, 2.45) is 0 Å². The van der Waals surface area contributed by atoms with Crippen molar-refractivity contribution in [2.75, 3.05) is 16.7 Å². The largest absolute Gasteiger partial charge is 0.309 e. The Morgan fingerprint density at radius 1 is 1.33 bits per heavy atom. The van der Waals surface area contributed by atoms with E-state index in [4.69, 9.17) is 11.6 Å². The second-order valence-electron chi connectivity index (χ2n) is 3.40. The maximum Gasteiger partial charge on any atom is 0.0747 e. The van der Waals surface area contributed by atoms with Crippen LogP contribution in [0.5, 0.6) is 0 Å². The molecule has 0 unspecified atom stereocenters. The van der Waals surface area contributed by atoms with Gasteiger partial charge < -0.3 is 4.31 Å². The molecule has 4 heteroatoms. The van der Waals surface area contributed by atoms with Gasteiger partial charge in [-0.05, 0) is 18.0 Å². The van der Waals surface area contributed by atoms with Gasteiger partial charge in [0.2, 0.25) is 0 Å². The summed E-state index contributed by atoms with van der Waals surface area (Å²) in [5.41, 5.74) is 1.19. The molecule has 2 nitrogen and oxygen atoms in total. The third kappa shape index (κ3) is 1.38. The first kappa shape index (κ1) is 9.31. The fourth-order valence-corrected chi connectivity index (χ4v) is 3.24. The summed E-state index contributed by atoms with van der Waals surface area (Å²) in [6.45, 7) is 0.849. The van der Waals surface area contributed by atoms with Gasteiger partial charge in [0.1, 0.15) is 0 Å². The predicted molar refractivity (Wildman–Crippen MR) is 65.7 cm³/mol. The van der Waals surface area contributed by atoms with E-state index in [2.05, 4.69) is 27.5 Å². The molecule has 1 aliphatic rings. The maximum absolute atomic E-state index is 5.78. The van der Waals surface area contributed by atoms with Crippen LogP contribution in [0.1, 0.15) is 0 Å². The minimum atomic E-state index is 0.636. The molecule has 2 aromatic rings. The lowest BCUT2D eigenvalue weighted by atomic mass is 10.1. The van der Waals surface area contributed by atoms with E-state index in [1.165, 1.54) is 21.4 Å². The smallest absolute Gasteiger partial charge is 0.0747 e. The van der Waals surface area contributed by atoms with Gasteiger partial charge in [-0.2, -0.15) is 0 Å². The van der Waals surface area contributed by atoms with Crippen molar-refractivity contribution in [3.8, 4) is 0 Å². The number of halogens is 1. The summed E-state index contributed by atoms with van der Waals surface area (Å²) in [5.74, 6) is 0.636. The molecular weight excluding hydrogens is 228 g/mol. The van der Waals surface area contributed by atoms with Crippen LogP contribution in [0, 0.1) is 0 Å². The Morgan fingerprint density at radius 3 is 3.13 bits per heavy atom. The van der Waals surface area contributed by atoms with Crippen LogP contribution in [0.4, 0.5) is 5.69 Å². The lowest BCUT2D eigenvalue weighted by Crippen LogP contribution is -2.13. The van der Waals surface area contributed by atoms with E-state index in [9.17, 15) is 0 Å². The van der Waals surface area contributed by atoms with Crippen molar-refractivity contribution in [3.05, 3.63) is 30.6 Å². The first-order valence-electron chi connectivity index (χ1n) is 4.78. The fraction of sp³-hybridized carbons (Fsp3) is 0.182. The molecule has 0 fully saturated rings. The fourth-order valence-electron chi connectivity index (χ4n) is 1.86. The van der Waals surface area contributed by atoms with Gasteiger partial charge in [0.05, 0.1) is 11.9 Å². The second kappa shape index (κ2) is 3.58. The maximum atomic E-state index is 5.78. The molecule has 0 spiro atoms. The minimum Gasteiger partial charge on any atom is -0.309 e. The summed E-state index contributed by atoms with van der Waals surface area (Å²) >= 11 is 7.53. The van der Waals surface area contributed by atoms with E-state index in [-0.39, 0.29) is 0 Å². The molecule has 15 heavy (non-hydrogen) atoms. The Balaban J connectivity index is 2.22. The van der Waals surface area contributed by atoms with Gasteiger partial charge in [0, 0.05) is 34.3 Å². The molecule has 3 rings (SSSR count). The molecule has 0 amide bonds. The number of anilines is 1. The van der Waals surface area contributed by atoms with Gasteiger partial charge in [0.25, 0.3) is 0 Å².